The number of nitrogens with one attached hydrogen (secondary N) is 2. The molecule has 0 aromatic carbocycles. The highest BCUT2D eigenvalue weighted by Crippen LogP contribution is 2.26. The van der Waals surface area contributed by atoms with E-state index in [1.165, 1.54) is 7.05 Å². The minimum atomic E-state index is -3.18. The molecule has 1 amide bonds. The number of ether oxygens (including phenoxy) is 1. The molecule has 2 atom stereocenters. The summed E-state index contributed by atoms with van der Waals surface area (Å²) in [5.41, 5.74) is -0.516. The largest absolute Gasteiger partial charge is 0.444 e. The summed E-state index contributed by atoms with van der Waals surface area (Å²) >= 11 is 0. The molecular weight excluding hydrogens is 268 g/mol. The van der Waals surface area contributed by atoms with E-state index in [9.17, 15) is 13.2 Å². The second kappa shape index (κ2) is 6.09. The SMILES string of the molecule is CNS(=O)(=O)C[C@@H]1CC[C@H](NC(=O)OC(C)(C)C)C1. The van der Waals surface area contributed by atoms with Crippen LogP contribution in [-0.2, 0) is 14.8 Å². The third-order valence-electron chi connectivity index (χ3n) is 3.03. The molecule has 7 heteroatoms. The number of amides is 1. The van der Waals surface area contributed by atoms with Crippen LogP contribution in [0, 0.1) is 5.92 Å². The zero-order valence-electron chi connectivity index (χ0n) is 12.0. The molecule has 0 aliphatic heterocycles. The number of hydrogen-bond donors (Lipinski definition) is 2. The zero-order valence-corrected chi connectivity index (χ0v) is 12.8. The fraction of sp³-hybridized carbons (Fsp3) is 0.917. The summed E-state index contributed by atoms with van der Waals surface area (Å²) < 4.78 is 30.4. The Labute approximate surface area is 115 Å². The normalized spacial score (nSPS) is 24.2. The summed E-state index contributed by atoms with van der Waals surface area (Å²) in [4.78, 5) is 11.6. The second-order valence-corrected chi connectivity index (χ2v) is 7.98. The smallest absolute Gasteiger partial charge is 0.407 e. The number of hydrogen-bond acceptors (Lipinski definition) is 4. The van der Waals surface area contributed by atoms with Gasteiger partial charge in [-0.15, -0.1) is 0 Å². The van der Waals surface area contributed by atoms with Crippen molar-refractivity contribution in [1.29, 1.82) is 0 Å². The van der Waals surface area contributed by atoms with Gasteiger partial charge in [0.2, 0.25) is 10.0 Å². The van der Waals surface area contributed by atoms with E-state index in [1.807, 2.05) is 20.8 Å². The molecule has 1 aliphatic carbocycles. The van der Waals surface area contributed by atoms with Crippen molar-refractivity contribution in [3.8, 4) is 0 Å². The van der Waals surface area contributed by atoms with Gasteiger partial charge < -0.3 is 10.1 Å². The zero-order chi connectivity index (χ0) is 14.7. The fourth-order valence-electron chi connectivity index (χ4n) is 2.23. The highest BCUT2D eigenvalue weighted by molar-refractivity contribution is 7.89. The quantitative estimate of drug-likeness (QED) is 0.816. The fourth-order valence-corrected chi connectivity index (χ4v) is 3.32. The molecule has 1 aliphatic rings. The van der Waals surface area contributed by atoms with Crippen molar-refractivity contribution in [3.05, 3.63) is 0 Å². The highest BCUT2D eigenvalue weighted by Gasteiger charge is 2.30. The van der Waals surface area contributed by atoms with Crippen LogP contribution in [0.1, 0.15) is 40.0 Å². The first-order valence-electron chi connectivity index (χ1n) is 6.52. The van der Waals surface area contributed by atoms with Crippen LogP contribution in [0.25, 0.3) is 0 Å². The molecule has 1 saturated carbocycles. The van der Waals surface area contributed by atoms with E-state index in [4.69, 9.17) is 4.74 Å². The molecule has 6 nitrogen and oxygen atoms in total. The maximum Gasteiger partial charge on any atom is 0.407 e. The number of alkyl carbamates (subject to hydrolysis) is 1. The second-order valence-electron chi connectivity index (χ2n) is 6.01. The maximum atomic E-state index is 11.6. The van der Waals surface area contributed by atoms with Crippen LogP contribution in [0.3, 0.4) is 0 Å². The van der Waals surface area contributed by atoms with Crippen LogP contribution in [0.2, 0.25) is 0 Å². The third-order valence-corrected chi connectivity index (χ3v) is 4.56. The molecule has 0 aromatic rings. The lowest BCUT2D eigenvalue weighted by Gasteiger charge is -2.21. The van der Waals surface area contributed by atoms with Crippen molar-refractivity contribution in [2.24, 2.45) is 5.92 Å². The molecule has 1 fully saturated rings. The maximum absolute atomic E-state index is 11.6. The monoisotopic (exact) mass is 292 g/mol. The van der Waals surface area contributed by atoms with E-state index in [1.54, 1.807) is 0 Å². The van der Waals surface area contributed by atoms with Crippen molar-refractivity contribution in [2.75, 3.05) is 12.8 Å². The third kappa shape index (κ3) is 6.24. The molecule has 0 aromatic heterocycles. The van der Waals surface area contributed by atoms with Crippen molar-refractivity contribution in [2.45, 2.75) is 51.7 Å². The summed E-state index contributed by atoms with van der Waals surface area (Å²) in [6, 6.07) is 0.00639. The summed E-state index contributed by atoms with van der Waals surface area (Å²) in [6.07, 6.45) is 1.85. The molecule has 0 bridgehead atoms. The van der Waals surface area contributed by atoms with Crippen molar-refractivity contribution >= 4 is 16.1 Å². The molecule has 2 N–H and O–H groups in total. The van der Waals surface area contributed by atoms with E-state index in [0.29, 0.717) is 6.42 Å². The van der Waals surface area contributed by atoms with Gasteiger partial charge in [-0.1, -0.05) is 0 Å². The van der Waals surface area contributed by atoms with Gasteiger partial charge in [0.1, 0.15) is 5.60 Å². The molecule has 0 heterocycles. The van der Waals surface area contributed by atoms with E-state index in [0.717, 1.165) is 12.8 Å². The van der Waals surface area contributed by atoms with E-state index >= 15 is 0 Å². The van der Waals surface area contributed by atoms with E-state index < -0.39 is 21.7 Å². The molecule has 0 radical (unpaired) electrons. The molecular formula is C12H24N2O4S. The number of sulfonamides is 1. The van der Waals surface area contributed by atoms with Crippen LogP contribution < -0.4 is 10.0 Å². The van der Waals surface area contributed by atoms with Gasteiger partial charge in [-0.3, -0.25) is 0 Å². The number of carbonyl (C=O) groups is 1. The first-order valence-corrected chi connectivity index (χ1v) is 8.17. The topological polar surface area (TPSA) is 84.5 Å². The Morgan fingerprint density at radius 2 is 1.95 bits per heavy atom. The van der Waals surface area contributed by atoms with Crippen molar-refractivity contribution in [1.82, 2.24) is 10.0 Å². The number of rotatable bonds is 4. The average molecular weight is 292 g/mol. The summed E-state index contributed by atoms with van der Waals surface area (Å²) in [6.45, 7) is 5.43. The molecule has 0 saturated heterocycles. The van der Waals surface area contributed by atoms with Gasteiger partial charge in [-0.05, 0) is 53.0 Å². The van der Waals surface area contributed by atoms with Crippen LogP contribution in [-0.4, -0.2) is 39.0 Å². The molecule has 1 rings (SSSR count). The predicted octanol–water partition coefficient (Wildman–Crippen LogP) is 1.23. The van der Waals surface area contributed by atoms with Crippen LogP contribution in [0.5, 0.6) is 0 Å². The van der Waals surface area contributed by atoms with Gasteiger partial charge in [0.15, 0.2) is 0 Å². The van der Waals surface area contributed by atoms with Gasteiger partial charge in [-0.25, -0.2) is 17.9 Å². The van der Waals surface area contributed by atoms with Gasteiger partial charge in [0.25, 0.3) is 0 Å². The Morgan fingerprint density at radius 3 is 2.47 bits per heavy atom. The highest BCUT2D eigenvalue weighted by atomic mass is 32.2. The van der Waals surface area contributed by atoms with Gasteiger partial charge in [0.05, 0.1) is 5.75 Å². The Morgan fingerprint density at radius 1 is 1.32 bits per heavy atom. The van der Waals surface area contributed by atoms with Crippen LogP contribution >= 0.6 is 0 Å². The number of carbonyl (C=O) groups excluding carboxylic acids is 1. The van der Waals surface area contributed by atoms with Crippen molar-refractivity contribution in [3.63, 3.8) is 0 Å². The van der Waals surface area contributed by atoms with E-state index in [2.05, 4.69) is 10.0 Å². The first kappa shape index (κ1) is 16.2. The standard InChI is InChI=1S/C12H24N2O4S/c1-12(2,3)18-11(15)14-10-6-5-9(7-10)8-19(16,17)13-4/h9-10,13H,5-8H2,1-4H3,(H,14,15)/t9-,10+/m1/s1. The van der Waals surface area contributed by atoms with Gasteiger partial charge in [0, 0.05) is 6.04 Å². The summed E-state index contributed by atoms with van der Waals surface area (Å²) in [7, 11) is -1.76. The lowest BCUT2D eigenvalue weighted by molar-refractivity contribution is 0.0505. The molecule has 112 valence electrons. The lowest BCUT2D eigenvalue weighted by Crippen LogP contribution is -2.38. The molecule has 19 heavy (non-hydrogen) atoms. The van der Waals surface area contributed by atoms with Gasteiger partial charge in [-0.2, -0.15) is 0 Å². The van der Waals surface area contributed by atoms with Crippen LogP contribution in [0.4, 0.5) is 4.79 Å². The van der Waals surface area contributed by atoms with Crippen LogP contribution in [0.15, 0.2) is 0 Å². The first-order chi connectivity index (χ1) is 8.61. The Bertz CT molecular complexity index is 414. The molecule has 0 spiro atoms. The molecule has 0 unspecified atom stereocenters. The Hall–Kier alpha value is -0.820. The predicted molar refractivity (Wildman–Crippen MR) is 73.3 cm³/mol. The van der Waals surface area contributed by atoms with Crippen molar-refractivity contribution < 1.29 is 17.9 Å². The Balaban J connectivity index is 2.39. The summed E-state index contributed by atoms with van der Waals surface area (Å²) in [5.74, 6) is 0.216. The average Bonchev–Trinajstić information content (AvgIpc) is 2.61. The lowest BCUT2D eigenvalue weighted by atomic mass is 10.1. The minimum Gasteiger partial charge on any atom is -0.444 e. The van der Waals surface area contributed by atoms with E-state index in [-0.39, 0.29) is 17.7 Å². The van der Waals surface area contributed by atoms with Gasteiger partial charge >= 0.3 is 6.09 Å². The summed E-state index contributed by atoms with van der Waals surface area (Å²) in [5, 5.41) is 2.79. The Kier molecular flexibility index (Phi) is 5.20. The minimum absolute atomic E-state index is 0.00639.